The summed E-state index contributed by atoms with van der Waals surface area (Å²) in [5, 5.41) is 11.2. The van der Waals surface area contributed by atoms with E-state index in [2.05, 4.69) is 20.5 Å². The monoisotopic (exact) mass is 463 g/mol. The Morgan fingerprint density at radius 1 is 1.16 bits per heavy atom. The molecule has 31 heavy (non-hydrogen) atoms. The van der Waals surface area contributed by atoms with Gasteiger partial charge in [-0.05, 0) is 44.5 Å². The van der Waals surface area contributed by atoms with Gasteiger partial charge in [-0.15, -0.1) is 16.4 Å². The van der Waals surface area contributed by atoms with Gasteiger partial charge < -0.3 is 4.42 Å². The molecule has 1 N–H and O–H groups in total. The van der Waals surface area contributed by atoms with Crippen LogP contribution in [-0.4, -0.2) is 46.9 Å². The molecular formula is C20H25N5O4S2. The van der Waals surface area contributed by atoms with Gasteiger partial charge in [0.05, 0.1) is 15.6 Å². The zero-order valence-electron chi connectivity index (χ0n) is 17.9. The maximum atomic E-state index is 12.8. The Balaban J connectivity index is 1.72. The summed E-state index contributed by atoms with van der Waals surface area (Å²) in [6.45, 7) is 8.41. The van der Waals surface area contributed by atoms with Crippen LogP contribution in [0.5, 0.6) is 0 Å². The van der Waals surface area contributed by atoms with Crippen LogP contribution in [0.2, 0.25) is 0 Å². The Hall–Kier alpha value is -2.63. The van der Waals surface area contributed by atoms with Crippen molar-refractivity contribution >= 4 is 33.3 Å². The van der Waals surface area contributed by atoms with Gasteiger partial charge >= 0.3 is 6.01 Å². The number of nitrogens with one attached hydrogen (secondary N) is 1. The molecule has 0 unspecified atom stereocenters. The first-order valence-electron chi connectivity index (χ1n) is 9.95. The fourth-order valence-electron chi connectivity index (χ4n) is 2.97. The summed E-state index contributed by atoms with van der Waals surface area (Å²) in [5.74, 6) is -0.193. The van der Waals surface area contributed by atoms with E-state index in [0.717, 1.165) is 28.4 Å². The number of sulfonamides is 1. The molecule has 0 aliphatic rings. The number of rotatable bonds is 9. The summed E-state index contributed by atoms with van der Waals surface area (Å²) in [5.41, 5.74) is 1.06. The molecule has 0 radical (unpaired) electrons. The Morgan fingerprint density at radius 3 is 2.45 bits per heavy atom. The SMILES string of the molecule is CCCCN(CC)S(=O)(=O)c1ccc(C(=O)Nc2nnc(-c3sc(C)nc3C)o2)cc1. The molecule has 0 bridgehead atoms. The van der Waals surface area contributed by atoms with Gasteiger partial charge in [0.2, 0.25) is 10.0 Å². The second kappa shape index (κ2) is 9.67. The number of aromatic nitrogens is 3. The van der Waals surface area contributed by atoms with Crippen molar-refractivity contribution in [3.05, 3.63) is 40.5 Å². The molecule has 166 valence electrons. The number of carbonyl (C=O) groups is 1. The fraction of sp³-hybridized carbons (Fsp3) is 0.400. The van der Waals surface area contributed by atoms with E-state index in [-0.39, 0.29) is 22.4 Å². The van der Waals surface area contributed by atoms with E-state index in [1.807, 2.05) is 27.7 Å². The third-order valence-electron chi connectivity index (χ3n) is 4.61. The molecule has 2 heterocycles. The van der Waals surface area contributed by atoms with E-state index in [9.17, 15) is 13.2 Å². The van der Waals surface area contributed by atoms with Gasteiger partial charge in [-0.25, -0.2) is 13.4 Å². The van der Waals surface area contributed by atoms with Crippen molar-refractivity contribution in [2.45, 2.75) is 45.4 Å². The zero-order valence-corrected chi connectivity index (χ0v) is 19.5. The third-order valence-corrected chi connectivity index (χ3v) is 7.66. The van der Waals surface area contributed by atoms with E-state index >= 15 is 0 Å². The fourth-order valence-corrected chi connectivity index (χ4v) is 5.30. The van der Waals surface area contributed by atoms with Crippen LogP contribution < -0.4 is 5.32 Å². The number of aryl methyl sites for hydroxylation is 2. The molecule has 2 aromatic heterocycles. The van der Waals surface area contributed by atoms with Crippen molar-refractivity contribution in [3.63, 3.8) is 0 Å². The summed E-state index contributed by atoms with van der Waals surface area (Å²) in [7, 11) is -3.60. The minimum absolute atomic E-state index is 0.0427. The van der Waals surface area contributed by atoms with E-state index in [0.29, 0.717) is 13.1 Å². The molecule has 3 rings (SSSR count). The minimum Gasteiger partial charge on any atom is -0.402 e. The highest BCUT2D eigenvalue weighted by atomic mass is 32.2. The maximum Gasteiger partial charge on any atom is 0.322 e. The zero-order chi connectivity index (χ0) is 22.6. The Bertz CT molecular complexity index is 1150. The van der Waals surface area contributed by atoms with Crippen LogP contribution in [0.1, 0.15) is 47.7 Å². The lowest BCUT2D eigenvalue weighted by Gasteiger charge is -2.20. The minimum atomic E-state index is -3.60. The van der Waals surface area contributed by atoms with Gasteiger partial charge in [0.15, 0.2) is 0 Å². The van der Waals surface area contributed by atoms with Crippen LogP contribution in [0, 0.1) is 13.8 Å². The van der Waals surface area contributed by atoms with Crippen molar-refractivity contribution in [3.8, 4) is 10.8 Å². The standard InChI is InChI=1S/C20H25N5O4S2/c1-5-7-12-25(6-2)31(27,28)16-10-8-15(9-11-16)18(26)22-20-24-23-19(29-20)17-13(3)21-14(4)30-17/h8-11H,5-7,12H2,1-4H3,(H,22,24,26). The number of carbonyl (C=O) groups excluding carboxylic acids is 1. The molecule has 3 aromatic rings. The van der Waals surface area contributed by atoms with Crippen LogP contribution in [0.25, 0.3) is 10.8 Å². The average Bonchev–Trinajstić information content (AvgIpc) is 3.33. The van der Waals surface area contributed by atoms with Gasteiger partial charge in [0.1, 0.15) is 4.88 Å². The highest BCUT2D eigenvalue weighted by molar-refractivity contribution is 7.89. The van der Waals surface area contributed by atoms with Crippen molar-refractivity contribution < 1.29 is 17.6 Å². The average molecular weight is 464 g/mol. The summed E-state index contributed by atoms with van der Waals surface area (Å²) < 4.78 is 32.6. The van der Waals surface area contributed by atoms with Crippen molar-refractivity contribution in [2.75, 3.05) is 18.4 Å². The van der Waals surface area contributed by atoms with E-state index in [1.54, 1.807) is 0 Å². The highest BCUT2D eigenvalue weighted by Gasteiger charge is 2.23. The molecule has 1 amide bonds. The molecule has 11 heteroatoms. The summed E-state index contributed by atoms with van der Waals surface area (Å²) >= 11 is 1.43. The molecule has 0 aliphatic carbocycles. The summed E-state index contributed by atoms with van der Waals surface area (Å²) in [4.78, 5) is 17.7. The molecule has 0 fully saturated rings. The van der Waals surface area contributed by atoms with E-state index in [1.165, 1.54) is 39.9 Å². The molecule has 0 spiro atoms. The smallest absolute Gasteiger partial charge is 0.322 e. The van der Waals surface area contributed by atoms with E-state index in [4.69, 9.17) is 4.42 Å². The molecule has 0 saturated carbocycles. The Morgan fingerprint density at radius 2 is 1.87 bits per heavy atom. The van der Waals surface area contributed by atoms with Gasteiger partial charge in [-0.2, -0.15) is 4.31 Å². The number of hydrogen-bond donors (Lipinski definition) is 1. The number of nitrogens with zero attached hydrogens (tertiary/aromatic N) is 4. The van der Waals surface area contributed by atoms with Crippen LogP contribution in [-0.2, 0) is 10.0 Å². The number of amides is 1. The largest absolute Gasteiger partial charge is 0.402 e. The number of thiazole rings is 1. The topological polar surface area (TPSA) is 118 Å². The molecular weight excluding hydrogens is 438 g/mol. The molecule has 0 aliphatic heterocycles. The number of anilines is 1. The first-order chi connectivity index (χ1) is 14.8. The Labute approximate surface area is 185 Å². The summed E-state index contributed by atoms with van der Waals surface area (Å²) in [6.07, 6.45) is 1.70. The first kappa shape index (κ1) is 23.0. The number of benzene rings is 1. The molecule has 0 atom stereocenters. The normalized spacial score (nSPS) is 11.8. The maximum absolute atomic E-state index is 12.8. The second-order valence-corrected chi connectivity index (χ2v) is 10.0. The quantitative estimate of drug-likeness (QED) is 0.511. The van der Waals surface area contributed by atoms with Crippen LogP contribution >= 0.6 is 11.3 Å². The Kier molecular flexibility index (Phi) is 7.19. The highest BCUT2D eigenvalue weighted by Crippen LogP contribution is 2.29. The lowest BCUT2D eigenvalue weighted by Crippen LogP contribution is -2.31. The lowest BCUT2D eigenvalue weighted by molar-refractivity contribution is 0.102. The van der Waals surface area contributed by atoms with Crippen LogP contribution in [0.3, 0.4) is 0 Å². The van der Waals surface area contributed by atoms with Crippen molar-refractivity contribution in [1.82, 2.24) is 19.5 Å². The summed E-state index contributed by atoms with van der Waals surface area (Å²) in [6, 6.07) is 5.75. The molecule has 9 nitrogen and oxygen atoms in total. The van der Waals surface area contributed by atoms with Gasteiger partial charge in [-0.1, -0.05) is 25.4 Å². The number of unbranched alkanes of at least 4 members (excludes halogenated alkanes) is 1. The van der Waals surface area contributed by atoms with Crippen molar-refractivity contribution in [2.24, 2.45) is 0 Å². The molecule has 0 saturated heterocycles. The van der Waals surface area contributed by atoms with Crippen molar-refractivity contribution in [1.29, 1.82) is 0 Å². The van der Waals surface area contributed by atoms with Crippen LogP contribution in [0.4, 0.5) is 6.01 Å². The number of hydrogen-bond acceptors (Lipinski definition) is 8. The predicted molar refractivity (Wildman–Crippen MR) is 119 cm³/mol. The van der Waals surface area contributed by atoms with Gasteiger partial charge in [0, 0.05) is 18.7 Å². The second-order valence-electron chi connectivity index (χ2n) is 6.89. The van der Waals surface area contributed by atoms with Crippen LogP contribution in [0.15, 0.2) is 33.6 Å². The predicted octanol–water partition coefficient (Wildman–Crippen LogP) is 3.87. The lowest BCUT2D eigenvalue weighted by atomic mass is 10.2. The first-order valence-corrected chi connectivity index (χ1v) is 12.2. The van der Waals surface area contributed by atoms with E-state index < -0.39 is 15.9 Å². The third kappa shape index (κ3) is 5.17. The van der Waals surface area contributed by atoms with Gasteiger partial charge in [0.25, 0.3) is 11.8 Å². The van der Waals surface area contributed by atoms with Gasteiger partial charge in [-0.3, -0.25) is 10.1 Å². The molecule has 1 aromatic carbocycles.